The summed E-state index contributed by atoms with van der Waals surface area (Å²) in [4.78, 5) is 9.63. The normalized spacial score (nSPS) is 28.5. The van der Waals surface area contributed by atoms with Crippen molar-refractivity contribution in [2.75, 3.05) is 39.8 Å². The smallest absolute Gasteiger partial charge is 0.193 e. The van der Waals surface area contributed by atoms with Crippen molar-refractivity contribution in [2.45, 2.75) is 51.5 Å². The fourth-order valence-electron chi connectivity index (χ4n) is 4.26. The van der Waals surface area contributed by atoms with Gasteiger partial charge in [0.05, 0.1) is 0 Å². The van der Waals surface area contributed by atoms with E-state index in [1.165, 1.54) is 58.2 Å². The van der Waals surface area contributed by atoms with Crippen LogP contribution in [0.3, 0.4) is 0 Å². The Bertz CT molecular complexity index is 356. The minimum absolute atomic E-state index is 0. The molecule has 1 heterocycles. The molecule has 0 spiro atoms. The largest absolute Gasteiger partial charge is 0.355 e. The first-order chi connectivity index (χ1) is 10.3. The van der Waals surface area contributed by atoms with Crippen LogP contribution in [0.2, 0.25) is 0 Å². The Kier molecular flexibility index (Phi) is 7.25. The van der Waals surface area contributed by atoms with Gasteiger partial charge in [0.2, 0.25) is 0 Å². The van der Waals surface area contributed by atoms with Crippen LogP contribution in [0.5, 0.6) is 0 Å². The van der Waals surface area contributed by atoms with Crippen molar-refractivity contribution in [3.63, 3.8) is 0 Å². The first-order valence-electron chi connectivity index (χ1n) is 9.01. The molecule has 128 valence electrons. The number of guanidine groups is 1. The number of likely N-dealkylation sites (N-methyl/N-ethyl adjacent to an activating group) is 1. The van der Waals surface area contributed by atoms with Crippen molar-refractivity contribution in [3.8, 4) is 0 Å². The van der Waals surface area contributed by atoms with Crippen LogP contribution < -0.4 is 5.32 Å². The number of nitrogens with one attached hydrogen (secondary N) is 1. The van der Waals surface area contributed by atoms with E-state index in [1.807, 2.05) is 7.05 Å². The zero-order valence-electron chi connectivity index (χ0n) is 14.3. The summed E-state index contributed by atoms with van der Waals surface area (Å²) in [6.45, 7) is 8.09. The molecule has 0 radical (unpaired) electrons. The molecule has 2 unspecified atom stereocenters. The number of likely N-dealkylation sites (tertiary alicyclic amines) is 1. The number of hydrogen-bond donors (Lipinski definition) is 1. The van der Waals surface area contributed by atoms with Gasteiger partial charge in [0.25, 0.3) is 0 Å². The lowest BCUT2D eigenvalue weighted by Gasteiger charge is -2.24. The van der Waals surface area contributed by atoms with Gasteiger partial charge in [0.1, 0.15) is 0 Å². The SMILES string of the molecule is CCN(CCNC(=NC)N1CC2CCCCC2C1)C1CC1.I. The lowest BCUT2D eigenvalue weighted by atomic mass is 9.82. The van der Waals surface area contributed by atoms with Gasteiger partial charge in [0, 0.05) is 39.3 Å². The molecule has 0 aromatic heterocycles. The quantitative estimate of drug-likeness (QED) is 0.422. The zero-order chi connectivity index (χ0) is 14.7. The number of rotatable bonds is 5. The highest BCUT2D eigenvalue weighted by Gasteiger charge is 2.35. The fourth-order valence-corrected chi connectivity index (χ4v) is 4.26. The van der Waals surface area contributed by atoms with E-state index in [0.29, 0.717) is 0 Å². The molecule has 2 atom stereocenters. The average Bonchev–Trinajstić information content (AvgIpc) is 3.26. The summed E-state index contributed by atoms with van der Waals surface area (Å²) in [5.41, 5.74) is 0. The number of fused-ring (bicyclic) bond motifs is 1. The van der Waals surface area contributed by atoms with Crippen LogP contribution in [0.1, 0.15) is 45.4 Å². The van der Waals surface area contributed by atoms with Crippen molar-refractivity contribution in [1.29, 1.82) is 0 Å². The Morgan fingerprint density at radius 1 is 1.14 bits per heavy atom. The van der Waals surface area contributed by atoms with Gasteiger partial charge in [-0.25, -0.2) is 0 Å². The van der Waals surface area contributed by atoms with Crippen LogP contribution in [0.25, 0.3) is 0 Å². The lowest BCUT2D eigenvalue weighted by molar-refractivity contribution is 0.280. The van der Waals surface area contributed by atoms with Gasteiger partial charge < -0.3 is 10.2 Å². The van der Waals surface area contributed by atoms with Gasteiger partial charge in [-0.1, -0.05) is 19.8 Å². The molecule has 0 amide bonds. The van der Waals surface area contributed by atoms with Crippen LogP contribution in [0.4, 0.5) is 0 Å². The predicted molar refractivity (Wildman–Crippen MR) is 104 cm³/mol. The number of halogens is 1. The van der Waals surface area contributed by atoms with Crippen molar-refractivity contribution in [1.82, 2.24) is 15.1 Å². The number of aliphatic imine (C=N–C) groups is 1. The molecule has 0 bridgehead atoms. The van der Waals surface area contributed by atoms with Gasteiger partial charge in [-0.2, -0.15) is 0 Å². The molecule has 22 heavy (non-hydrogen) atoms. The maximum atomic E-state index is 4.52. The van der Waals surface area contributed by atoms with Crippen LogP contribution in [-0.2, 0) is 0 Å². The molecule has 1 aliphatic heterocycles. The van der Waals surface area contributed by atoms with E-state index < -0.39 is 0 Å². The molecule has 2 saturated carbocycles. The first kappa shape index (κ1) is 18.3. The molecule has 3 fully saturated rings. The van der Waals surface area contributed by atoms with E-state index in [0.717, 1.165) is 36.9 Å². The van der Waals surface area contributed by atoms with Crippen molar-refractivity contribution in [2.24, 2.45) is 16.8 Å². The molecule has 0 aromatic rings. The van der Waals surface area contributed by atoms with E-state index in [2.05, 4.69) is 27.0 Å². The topological polar surface area (TPSA) is 30.9 Å². The summed E-state index contributed by atoms with van der Waals surface area (Å²) in [5.74, 6) is 2.99. The highest BCUT2D eigenvalue weighted by molar-refractivity contribution is 14.0. The summed E-state index contributed by atoms with van der Waals surface area (Å²) in [6, 6.07) is 0.869. The molecule has 1 saturated heterocycles. The van der Waals surface area contributed by atoms with E-state index in [1.54, 1.807) is 0 Å². The van der Waals surface area contributed by atoms with Gasteiger partial charge in [-0.05, 0) is 44.1 Å². The van der Waals surface area contributed by atoms with Crippen molar-refractivity contribution >= 4 is 29.9 Å². The molecular weight excluding hydrogens is 387 g/mol. The molecule has 1 N–H and O–H groups in total. The van der Waals surface area contributed by atoms with Crippen molar-refractivity contribution in [3.05, 3.63) is 0 Å². The average molecular weight is 420 g/mol. The summed E-state index contributed by atoms with van der Waals surface area (Å²) < 4.78 is 0. The van der Waals surface area contributed by atoms with Gasteiger partial charge in [0.15, 0.2) is 5.96 Å². The summed E-state index contributed by atoms with van der Waals surface area (Å²) >= 11 is 0. The fraction of sp³-hybridized carbons (Fsp3) is 0.941. The monoisotopic (exact) mass is 420 g/mol. The highest BCUT2D eigenvalue weighted by atomic mass is 127. The number of hydrogen-bond acceptors (Lipinski definition) is 2. The summed E-state index contributed by atoms with van der Waals surface area (Å²) in [6.07, 6.45) is 8.55. The Morgan fingerprint density at radius 2 is 1.77 bits per heavy atom. The molecule has 4 nitrogen and oxygen atoms in total. The highest BCUT2D eigenvalue weighted by Crippen LogP contribution is 2.35. The Hall–Kier alpha value is -0.0400. The lowest BCUT2D eigenvalue weighted by Crippen LogP contribution is -2.43. The third kappa shape index (κ3) is 4.49. The van der Waals surface area contributed by atoms with E-state index >= 15 is 0 Å². The van der Waals surface area contributed by atoms with Crippen LogP contribution in [-0.4, -0.2) is 61.6 Å². The third-order valence-corrected chi connectivity index (χ3v) is 5.64. The second-order valence-corrected chi connectivity index (χ2v) is 7.04. The number of nitrogens with zero attached hydrogens (tertiary/aromatic N) is 3. The Labute approximate surface area is 153 Å². The second kappa shape index (κ2) is 8.71. The standard InChI is InChI=1S/C17H32N4.HI/c1-3-20(16-8-9-16)11-10-19-17(18-2)21-12-14-6-4-5-7-15(14)13-21;/h14-16H,3-13H2,1-2H3,(H,18,19);1H. The van der Waals surface area contributed by atoms with E-state index in [4.69, 9.17) is 0 Å². The predicted octanol–water partition coefficient (Wildman–Crippen LogP) is 2.79. The molecule has 3 aliphatic rings. The minimum atomic E-state index is 0. The molecule has 5 heteroatoms. The summed E-state index contributed by atoms with van der Waals surface area (Å²) in [7, 11) is 1.93. The maximum Gasteiger partial charge on any atom is 0.193 e. The molecule has 3 rings (SSSR count). The van der Waals surface area contributed by atoms with Gasteiger partial charge >= 0.3 is 0 Å². The molecule has 2 aliphatic carbocycles. The van der Waals surface area contributed by atoms with Gasteiger partial charge in [-0.3, -0.25) is 9.89 Å². The Balaban J connectivity index is 0.00000176. The van der Waals surface area contributed by atoms with Crippen molar-refractivity contribution < 1.29 is 0 Å². The summed E-state index contributed by atoms with van der Waals surface area (Å²) in [5, 5.41) is 3.60. The Morgan fingerprint density at radius 3 is 2.27 bits per heavy atom. The third-order valence-electron chi connectivity index (χ3n) is 5.64. The van der Waals surface area contributed by atoms with Crippen LogP contribution >= 0.6 is 24.0 Å². The van der Waals surface area contributed by atoms with E-state index in [-0.39, 0.29) is 24.0 Å². The zero-order valence-corrected chi connectivity index (χ0v) is 16.6. The molecular formula is C17H33IN4. The molecule has 0 aromatic carbocycles. The first-order valence-corrected chi connectivity index (χ1v) is 9.01. The minimum Gasteiger partial charge on any atom is -0.355 e. The van der Waals surface area contributed by atoms with Crippen LogP contribution in [0, 0.1) is 11.8 Å². The van der Waals surface area contributed by atoms with Gasteiger partial charge in [-0.15, -0.1) is 24.0 Å². The second-order valence-electron chi connectivity index (χ2n) is 7.04. The van der Waals surface area contributed by atoms with Crippen LogP contribution in [0.15, 0.2) is 4.99 Å². The van der Waals surface area contributed by atoms with E-state index in [9.17, 15) is 0 Å². The maximum absolute atomic E-state index is 4.52.